The first-order valence-electron chi connectivity index (χ1n) is 26.9. The summed E-state index contributed by atoms with van der Waals surface area (Å²) in [6, 6.07) is 71.4. The highest BCUT2D eigenvalue weighted by Gasteiger charge is 2.24. The fraction of sp³-hybridized carbons (Fsp3) is 0.216. The first-order chi connectivity index (χ1) is 35.2. The van der Waals surface area contributed by atoms with Gasteiger partial charge >= 0.3 is 0 Å². The minimum Gasteiger partial charge on any atom is -0.0579 e. The van der Waals surface area contributed by atoms with Gasteiger partial charge in [0.1, 0.15) is 0 Å². The summed E-state index contributed by atoms with van der Waals surface area (Å²) in [5.41, 5.74) is 15.7. The molecule has 0 fully saturated rings. The van der Waals surface area contributed by atoms with Crippen molar-refractivity contribution < 1.29 is 0 Å². The van der Waals surface area contributed by atoms with E-state index in [-0.39, 0.29) is 21.7 Å². The van der Waals surface area contributed by atoms with Crippen molar-refractivity contribution in [3.8, 4) is 44.5 Å². The standard InChI is InChI=1S/C74H66/c1-71(2,3)51-23-13-43(14-24-51)47-21-31-55-59(35-47)67-41-61-57(65-39-49(37-63(55)69(65)67)45-17-27-53(28-18-45)73(7,8)9)33-34-58-62(61)42-68-60-36-48(44-15-25-52(26-16-44)72(4,5)6)22-32-56(60)64-38-50(40-66(58)70(64)68)46-19-29-54(30-20-46)74(10,11)12/h13-42H,1-12H3. The van der Waals surface area contributed by atoms with Crippen molar-refractivity contribution >= 4 is 86.2 Å². The van der Waals surface area contributed by atoms with Crippen molar-refractivity contribution in [1.82, 2.24) is 0 Å². The summed E-state index contributed by atoms with van der Waals surface area (Å²) in [6.45, 7) is 27.5. The monoisotopic (exact) mass is 955 g/mol. The van der Waals surface area contributed by atoms with Gasteiger partial charge in [0.25, 0.3) is 0 Å². The van der Waals surface area contributed by atoms with E-state index in [0.717, 1.165) is 0 Å². The highest BCUT2D eigenvalue weighted by atomic mass is 14.3. The van der Waals surface area contributed by atoms with E-state index < -0.39 is 0 Å². The molecule has 0 atom stereocenters. The average Bonchev–Trinajstić information content (AvgIpc) is 3.88. The normalized spacial score (nSPS) is 13.1. The number of hydrogen-bond acceptors (Lipinski definition) is 0. The topological polar surface area (TPSA) is 0 Å². The molecule has 0 N–H and O–H groups in total. The zero-order valence-electron chi connectivity index (χ0n) is 45.3. The molecule has 13 rings (SSSR count). The Balaban J connectivity index is 1.12. The van der Waals surface area contributed by atoms with E-state index in [1.54, 1.807) is 0 Å². The van der Waals surface area contributed by atoms with Crippen molar-refractivity contribution in [1.29, 1.82) is 0 Å². The Morgan fingerprint density at radius 1 is 0.162 bits per heavy atom. The maximum Gasteiger partial charge on any atom is -0.00195 e. The Labute approximate surface area is 437 Å². The van der Waals surface area contributed by atoms with Crippen LogP contribution < -0.4 is 0 Å². The molecule has 0 nitrogen and oxygen atoms in total. The van der Waals surface area contributed by atoms with Gasteiger partial charge in [0.2, 0.25) is 0 Å². The Morgan fingerprint density at radius 2 is 0.351 bits per heavy atom. The van der Waals surface area contributed by atoms with E-state index in [9.17, 15) is 0 Å². The van der Waals surface area contributed by atoms with E-state index in [1.807, 2.05) is 0 Å². The number of fused-ring (bicyclic) bond motifs is 11. The number of hydrogen-bond donors (Lipinski definition) is 0. The molecule has 0 aliphatic carbocycles. The highest BCUT2D eigenvalue weighted by molar-refractivity contribution is 6.41. The summed E-state index contributed by atoms with van der Waals surface area (Å²) in [7, 11) is 0. The number of benzene rings is 11. The van der Waals surface area contributed by atoms with Crippen LogP contribution in [-0.4, -0.2) is 0 Å². The lowest BCUT2D eigenvalue weighted by molar-refractivity contribution is 0.590. The lowest BCUT2D eigenvalue weighted by Gasteiger charge is -2.19. The molecular weight excluding hydrogens is 889 g/mol. The third-order valence-electron chi connectivity index (χ3n) is 16.8. The second kappa shape index (κ2) is 16.0. The molecule has 0 aliphatic rings. The largest absolute Gasteiger partial charge is 0.0579 e. The first-order valence-corrected chi connectivity index (χ1v) is 26.9. The average molecular weight is 955 g/mol. The van der Waals surface area contributed by atoms with Crippen LogP contribution in [-0.2, 0) is 21.7 Å². The van der Waals surface area contributed by atoms with E-state index in [1.165, 1.54) is 153 Å². The van der Waals surface area contributed by atoms with Crippen LogP contribution in [0.3, 0.4) is 0 Å². The lowest BCUT2D eigenvalue weighted by Crippen LogP contribution is -2.10. The fourth-order valence-corrected chi connectivity index (χ4v) is 12.3. The van der Waals surface area contributed by atoms with Crippen LogP contribution in [0.15, 0.2) is 182 Å². The van der Waals surface area contributed by atoms with Crippen LogP contribution in [0.5, 0.6) is 0 Å². The molecule has 0 aromatic heterocycles. The van der Waals surface area contributed by atoms with Gasteiger partial charge in [0.05, 0.1) is 0 Å². The molecule has 13 aromatic rings. The van der Waals surface area contributed by atoms with Gasteiger partial charge in [-0.1, -0.05) is 217 Å². The van der Waals surface area contributed by atoms with Crippen molar-refractivity contribution in [3.63, 3.8) is 0 Å². The Morgan fingerprint density at radius 3 is 0.608 bits per heavy atom. The molecule has 0 saturated carbocycles. The Kier molecular flexibility index (Phi) is 9.99. The summed E-state index contributed by atoms with van der Waals surface area (Å²) in [4.78, 5) is 0. The Hall–Kier alpha value is -7.54. The van der Waals surface area contributed by atoms with Crippen molar-refractivity contribution in [2.75, 3.05) is 0 Å². The first kappa shape index (κ1) is 46.3. The van der Waals surface area contributed by atoms with Gasteiger partial charge in [-0.2, -0.15) is 0 Å². The third-order valence-corrected chi connectivity index (χ3v) is 16.8. The minimum absolute atomic E-state index is 0.0779. The molecule has 0 heteroatoms. The van der Waals surface area contributed by atoms with Crippen molar-refractivity contribution in [2.45, 2.75) is 105 Å². The van der Waals surface area contributed by atoms with E-state index in [0.29, 0.717) is 0 Å². The van der Waals surface area contributed by atoms with Crippen LogP contribution in [0.25, 0.3) is 131 Å². The Bertz CT molecular complexity index is 4070. The van der Waals surface area contributed by atoms with Crippen LogP contribution in [0.4, 0.5) is 0 Å². The smallest absolute Gasteiger partial charge is 0.00195 e. The summed E-state index contributed by atoms with van der Waals surface area (Å²) in [5, 5.41) is 21.0. The van der Waals surface area contributed by atoms with E-state index in [2.05, 4.69) is 265 Å². The molecule has 0 bridgehead atoms. The number of rotatable bonds is 4. The maximum atomic E-state index is 2.55. The zero-order chi connectivity index (χ0) is 51.4. The van der Waals surface area contributed by atoms with Crippen LogP contribution >= 0.6 is 0 Å². The van der Waals surface area contributed by atoms with Crippen molar-refractivity contribution in [3.05, 3.63) is 204 Å². The molecule has 0 heterocycles. The van der Waals surface area contributed by atoms with Crippen molar-refractivity contribution in [2.24, 2.45) is 0 Å². The minimum atomic E-state index is 0.0779. The molecule has 0 saturated heterocycles. The summed E-state index contributed by atoms with van der Waals surface area (Å²) < 4.78 is 0. The van der Waals surface area contributed by atoms with Gasteiger partial charge in [-0.3, -0.25) is 0 Å². The van der Waals surface area contributed by atoms with Gasteiger partial charge in [-0.05, 0) is 223 Å². The van der Waals surface area contributed by atoms with Crippen LogP contribution in [0, 0.1) is 0 Å². The van der Waals surface area contributed by atoms with E-state index in [4.69, 9.17) is 0 Å². The van der Waals surface area contributed by atoms with E-state index >= 15 is 0 Å². The second-order valence-electron chi connectivity index (χ2n) is 25.8. The van der Waals surface area contributed by atoms with Gasteiger partial charge < -0.3 is 0 Å². The molecular formula is C74H66. The quantitative estimate of drug-likeness (QED) is 0.154. The predicted molar refractivity (Wildman–Crippen MR) is 325 cm³/mol. The van der Waals surface area contributed by atoms with Gasteiger partial charge in [0, 0.05) is 0 Å². The molecule has 0 spiro atoms. The zero-order valence-corrected chi connectivity index (χ0v) is 45.3. The molecule has 362 valence electrons. The predicted octanol–water partition coefficient (Wildman–Crippen LogP) is 21.6. The van der Waals surface area contributed by atoms with Crippen LogP contribution in [0.2, 0.25) is 0 Å². The summed E-state index contributed by atoms with van der Waals surface area (Å²) in [6.07, 6.45) is 0. The van der Waals surface area contributed by atoms with Gasteiger partial charge in [-0.15, -0.1) is 0 Å². The van der Waals surface area contributed by atoms with Crippen LogP contribution in [0.1, 0.15) is 105 Å². The molecule has 0 unspecified atom stereocenters. The fourth-order valence-electron chi connectivity index (χ4n) is 12.3. The molecule has 74 heavy (non-hydrogen) atoms. The SMILES string of the molecule is CC(C)(C)c1ccc(-c2ccc3c(c2)c2cc4c5cc6c7cc(-c8ccc(C(C)(C)C)cc8)ccc7c7cc(-c8ccc(C(C)(C)C)cc8)cc(c5ccc4c4cc(-c5ccc(C(C)(C)C)cc5)cc3c42)c76)cc1. The molecule has 0 amide bonds. The molecule has 0 aliphatic heterocycles. The lowest BCUT2D eigenvalue weighted by atomic mass is 9.85. The van der Waals surface area contributed by atoms with Gasteiger partial charge in [0.15, 0.2) is 0 Å². The molecule has 0 radical (unpaired) electrons. The summed E-state index contributed by atoms with van der Waals surface area (Å²) in [5.74, 6) is 0. The third kappa shape index (κ3) is 7.39. The van der Waals surface area contributed by atoms with Gasteiger partial charge in [-0.25, -0.2) is 0 Å². The second-order valence-corrected chi connectivity index (χ2v) is 25.8. The highest BCUT2D eigenvalue weighted by Crippen LogP contribution is 2.50. The summed E-state index contributed by atoms with van der Waals surface area (Å²) >= 11 is 0. The molecule has 13 aromatic carbocycles. The maximum absolute atomic E-state index is 2.55.